The van der Waals surface area contributed by atoms with Crippen LogP contribution in [0, 0.1) is 5.82 Å². The first kappa shape index (κ1) is 18.2. The molecule has 1 saturated carbocycles. The number of fused-ring (bicyclic) bond motifs is 1. The summed E-state index contributed by atoms with van der Waals surface area (Å²) in [5, 5.41) is 4.56. The highest BCUT2D eigenvalue weighted by Gasteiger charge is 2.36. The molecule has 0 saturated heterocycles. The quantitative estimate of drug-likeness (QED) is 0.657. The topological polar surface area (TPSA) is 63.6 Å². The molecule has 3 aromatic rings. The number of aromatic amines is 1. The van der Waals surface area contributed by atoms with Crippen molar-refractivity contribution in [1.29, 1.82) is 0 Å². The van der Waals surface area contributed by atoms with E-state index in [4.69, 9.17) is 0 Å². The van der Waals surface area contributed by atoms with Crippen LogP contribution in [-0.4, -0.2) is 25.7 Å². The summed E-state index contributed by atoms with van der Waals surface area (Å²) in [7, 11) is 0. The number of benzene rings is 1. The second-order valence-corrected chi connectivity index (χ2v) is 7.69. The average Bonchev–Trinajstić information content (AvgIpc) is 3.02. The largest absolute Gasteiger partial charge is 0.310 e. The van der Waals surface area contributed by atoms with Gasteiger partial charge in [0.25, 0.3) is 5.56 Å². The fraction of sp³-hybridized carbons (Fsp3) is 0.389. The number of hydrogen-bond donors (Lipinski definition) is 1. The first-order valence-corrected chi connectivity index (χ1v) is 9.40. The standard InChI is InChI=1S/C18H16BrF3N4O/c19-14-8-11(20)2-1-10(14)7-15-24-16-13(17(27)25-15)9-23-26(16)12-3-5-18(21,22)6-4-12/h1-2,8-9,12H,3-7H2,(H,24,25,27). The fourth-order valence-corrected chi connectivity index (χ4v) is 3.94. The molecular weight excluding hydrogens is 425 g/mol. The summed E-state index contributed by atoms with van der Waals surface area (Å²) >= 11 is 3.30. The van der Waals surface area contributed by atoms with Crippen LogP contribution in [0.5, 0.6) is 0 Å². The molecule has 0 aliphatic heterocycles. The summed E-state index contributed by atoms with van der Waals surface area (Å²) < 4.78 is 42.3. The number of hydrogen-bond acceptors (Lipinski definition) is 3. The molecule has 0 radical (unpaired) electrons. The lowest BCUT2D eigenvalue weighted by Crippen LogP contribution is -2.27. The maximum Gasteiger partial charge on any atom is 0.262 e. The van der Waals surface area contributed by atoms with E-state index in [1.165, 1.54) is 18.3 Å². The highest BCUT2D eigenvalue weighted by Crippen LogP contribution is 2.38. The smallest absolute Gasteiger partial charge is 0.262 e. The second-order valence-electron chi connectivity index (χ2n) is 6.84. The van der Waals surface area contributed by atoms with Crippen molar-refractivity contribution < 1.29 is 13.2 Å². The van der Waals surface area contributed by atoms with Gasteiger partial charge in [-0.05, 0) is 30.5 Å². The van der Waals surface area contributed by atoms with Gasteiger partial charge >= 0.3 is 0 Å². The number of nitrogens with one attached hydrogen (secondary N) is 1. The summed E-state index contributed by atoms with van der Waals surface area (Å²) in [6, 6.07) is 4.09. The maximum absolute atomic E-state index is 13.4. The number of rotatable bonds is 3. The average molecular weight is 441 g/mol. The minimum Gasteiger partial charge on any atom is -0.310 e. The van der Waals surface area contributed by atoms with Crippen LogP contribution >= 0.6 is 15.9 Å². The van der Waals surface area contributed by atoms with Crippen molar-refractivity contribution in [3.8, 4) is 0 Å². The van der Waals surface area contributed by atoms with Crippen molar-refractivity contribution in [1.82, 2.24) is 19.7 Å². The van der Waals surface area contributed by atoms with Crippen LogP contribution < -0.4 is 5.56 Å². The number of H-pyrrole nitrogens is 1. The Hall–Kier alpha value is -2.16. The van der Waals surface area contributed by atoms with Gasteiger partial charge in [-0.2, -0.15) is 5.10 Å². The molecule has 0 bridgehead atoms. The molecule has 1 fully saturated rings. The Morgan fingerprint density at radius 3 is 2.74 bits per heavy atom. The zero-order chi connectivity index (χ0) is 19.2. The first-order valence-electron chi connectivity index (χ1n) is 8.60. The van der Waals surface area contributed by atoms with E-state index in [2.05, 4.69) is 31.0 Å². The lowest BCUT2D eigenvalue weighted by Gasteiger charge is -2.28. The number of alkyl halides is 2. The Morgan fingerprint density at radius 1 is 1.30 bits per heavy atom. The van der Waals surface area contributed by atoms with Crippen molar-refractivity contribution >= 4 is 27.0 Å². The van der Waals surface area contributed by atoms with Crippen LogP contribution in [0.1, 0.15) is 43.1 Å². The van der Waals surface area contributed by atoms with Gasteiger partial charge in [0.1, 0.15) is 17.0 Å². The van der Waals surface area contributed by atoms with Crippen molar-refractivity contribution in [2.24, 2.45) is 0 Å². The van der Waals surface area contributed by atoms with Crippen LogP contribution in [0.25, 0.3) is 11.0 Å². The van der Waals surface area contributed by atoms with Gasteiger partial charge in [-0.25, -0.2) is 22.8 Å². The van der Waals surface area contributed by atoms with Gasteiger partial charge in [0.05, 0.1) is 12.2 Å². The van der Waals surface area contributed by atoms with Crippen LogP contribution in [0.4, 0.5) is 13.2 Å². The molecule has 2 heterocycles. The Balaban J connectivity index is 1.69. The van der Waals surface area contributed by atoms with Gasteiger partial charge in [0.2, 0.25) is 5.92 Å². The van der Waals surface area contributed by atoms with E-state index in [1.54, 1.807) is 10.7 Å². The van der Waals surface area contributed by atoms with Gasteiger partial charge in [0.15, 0.2) is 5.65 Å². The Labute approximate surface area is 160 Å². The normalized spacial score (nSPS) is 17.5. The third kappa shape index (κ3) is 3.65. The van der Waals surface area contributed by atoms with Crippen molar-refractivity contribution in [2.75, 3.05) is 0 Å². The van der Waals surface area contributed by atoms with Crippen LogP contribution in [0.3, 0.4) is 0 Å². The number of nitrogens with zero attached hydrogens (tertiary/aromatic N) is 3. The van der Waals surface area contributed by atoms with Crippen LogP contribution in [0.15, 0.2) is 33.7 Å². The predicted octanol–water partition coefficient (Wildman–Crippen LogP) is 4.36. The molecule has 0 unspecified atom stereocenters. The summed E-state index contributed by atoms with van der Waals surface area (Å²) in [5.41, 5.74) is 0.824. The van der Waals surface area contributed by atoms with Crippen molar-refractivity contribution in [3.63, 3.8) is 0 Å². The van der Waals surface area contributed by atoms with Gasteiger partial charge < -0.3 is 4.98 Å². The molecule has 0 spiro atoms. The monoisotopic (exact) mass is 440 g/mol. The summed E-state index contributed by atoms with van der Waals surface area (Å²) in [6.07, 6.45) is 1.90. The van der Waals surface area contributed by atoms with Gasteiger partial charge in [-0.3, -0.25) is 4.79 Å². The minimum atomic E-state index is -2.63. The van der Waals surface area contributed by atoms with E-state index >= 15 is 0 Å². The molecule has 1 aliphatic carbocycles. The maximum atomic E-state index is 13.4. The lowest BCUT2D eigenvalue weighted by molar-refractivity contribution is -0.0446. The van der Waals surface area contributed by atoms with Crippen LogP contribution in [-0.2, 0) is 6.42 Å². The molecule has 1 aromatic carbocycles. The SMILES string of the molecule is O=c1[nH]c(Cc2ccc(F)cc2Br)nc2c1cnn2C1CCC(F)(F)CC1. The second kappa shape index (κ2) is 6.78. The van der Waals surface area contributed by atoms with Crippen molar-refractivity contribution in [2.45, 2.75) is 44.1 Å². The van der Waals surface area contributed by atoms with E-state index in [0.29, 0.717) is 27.8 Å². The summed E-state index contributed by atoms with van der Waals surface area (Å²) in [6.45, 7) is 0. The number of aromatic nitrogens is 4. The molecule has 9 heteroatoms. The van der Waals surface area contributed by atoms with Gasteiger partial charge in [-0.1, -0.05) is 22.0 Å². The molecule has 5 nitrogen and oxygen atoms in total. The summed E-state index contributed by atoms with van der Waals surface area (Å²) in [5.74, 6) is -2.60. The van der Waals surface area contributed by atoms with E-state index in [1.807, 2.05) is 0 Å². The van der Waals surface area contributed by atoms with E-state index in [9.17, 15) is 18.0 Å². The Bertz CT molecular complexity index is 1050. The number of halogens is 4. The summed E-state index contributed by atoms with van der Waals surface area (Å²) in [4.78, 5) is 19.6. The molecule has 0 amide bonds. The lowest BCUT2D eigenvalue weighted by atomic mass is 9.92. The molecular formula is C18H16BrF3N4O. The van der Waals surface area contributed by atoms with E-state index in [0.717, 1.165) is 5.56 Å². The zero-order valence-electron chi connectivity index (χ0n) is 14.2. The van der Waals surface area contributed by atoms with Crippen LogP contribution in [0.2, 0.25) is 0 Å². The third-order valence-corrected chi connectivity index (χ3v) is 5.66. The van der Waals surface area contributed by atoms with Gasteiger partial charge in [-0.15, -0.1) is 0 Å². The molecule has 142 valence electrons. The minimum absolute atomic E-state index is 0.197. The molecule has 1 aliphatic rings. The molecule has 4 rings (SSSR count). The zero-order valence-corrected chi connectivity index (χ0v) is 15.8. The Kier molecular flexibility index (Phi) is 4.57. The van der Waals surface area contributed by atoms with Gasteiger partial charge in [0, 0.05) is 23.7 Å². The predicted molar refractivity (Wildman–Crippen MR) is 97.5 cm³/mol. The fourth-order valence-electron chi connectivity index (χ4n) is 3.45. The highest BCUT2D eigenvalue weighted by atomic mass is 79.9. The molecule has 2 aromatic heterocycles. The van der Waals surface area contributed by atoms with E-state index in [-0.39, 0.29) is 43.1 Å². The van der Waals surface area contributed by atoms with E-state index < -0.39 is 5.92 Å². The molecule has 0 atom stereocenters. The third-order valence-electron chi connectivity index (χ3n) is 4.92. The van der Waals surface area contributed by atoms with Crippen molar-refractivity contribution in [3.05, 3.63) is 56.4 Å². The highest BCUT2D eigenvalue weighted by molar-refractivity contribution is 9.10. The molecule has 1 N–H and O–H groups in total. The first-order chi connectivity index (χ1) is 12.8. The molecule has 27 heavy (non-hydrogen) atoms. The Morgan fingerprint density at radius 2 is 2.04 bits per heavy atom.